The number of piperazine rings is 1. The lowest BCUT2D eigenvalue weighted by molar-refractivity contribution is 0.0658. The zero-order valence-electron chi connectivity index (χ0n) is 16.6. The molecule has 2 aromatic heterocycles. The Balaban J connectivity index is 1.51. The third-order valence-corrected chi connectivity index (χ3v) is 5.25. The number of hydrogen-bond donors (Lipinski definition) is 2. The van der Waals surface area contributed by atoms with Crippen LogP contribution in [0.15, 0.2) is 41.1 Å². The number of aromatic nitrogens is 1. The molecule has 8 nitrogen and oxygen atoms in total. The molecule has 152 valence electrons. The number of H-pyrrole nitrogens is 1. The number of likely N-dealkylation sites (N-methyl/N-ethyl adjacent to an activating group) is 1. The number of hydrogen-bond acceptors (Lipinski definition) is 4. The predicted octanol–water partition coefficient (Wildman–Crippen LogP) is 2.16. The average Bonchev–Trinajstić information content (AvgIpc) is 3.44. The lowest BCUT2D eigenvalue weighted by Crippen LogP contribution is -2.54. The summed E-state index contributed by atoms with van der Waals surface area (Å²) in [6.07, 6.45) is 3.40. The fourth-order valence-corrected chi connectivity index (χ4v) is 3.60. The molecular weight excluding hydrogens is 358 g/mol. The van der Waals surface area contributed by atoms with Crippen LogP contribution in [0.1, 0.15) is 36.1 Å². The van der Waals surface area contributed by atoms with Gasteiger partial charge < -0.3 is 24.5 Å². The van der Waals surface area contributed by atoms with Crippen LogP contribution in [-0.4, -0.2) is 77.4 Å². The summed E-state index contributed by atoms with van der Waals surface area (Å²) in [5, 5.41) is 3.04. The maximum absolute atomic E-state index is 12.6. The van der Waals surface area contributed by atoms with Gasteiger partial charge in [0.15, 0.2) is 0 Å². The number of aromatic amines is 1. The van der Waals surface area contributed by atoms with E-state index >= 15 is 0 Å². The summed E-state index contributed by atoms with van der Waals surface area (Å²) >= 11 is 0. The Morgan fingerprint density at radius 1 is 1.14 bits per heavy atom. The molecule has 2 N–H and O–H groups in total. The molecule has 3 rings (SSSR count). The Bertz CT molecular complexity index is 732. The van der Waals surface area contributed by atoms with Gasteiger partial charge in [-0.05, 0) is 37.4 Å². The second kappa shape index (κ2) is 9.45. The zero-order valence-corrected chi connectivity index (χ0v) is 16.6. The van der Waals surface area contributed by atoms with Gasteiger partial charge in [-0.15, -0.1) is 0 Å². The van der Waals surface area contributed by atoms with Gasteiger partial charge in [0.25, 0.3) is 5.91 Å². The lowest BCUT2D eigenvalue weighted by atomic mass is 10.2. The molecule has 3 amide bonds. The van der Waals surface area contributed by atoms with Crippen LogP contribution < -0.4 is 5.32 Å². The molecule has 2 aromatic rings. The van der Waals surface area contributed by atoms with E-state index in [4.69, 9.17) is 4.42 Å². The van der Waals surface area contributed by atoms with E-state index in [-0.39, 0.29) is 18.0 Å². The van der Waals surface area contributed by atoms with Crippen LogP contribution in [0.3, 0.4) is 0 Å². The van der Waals surface area contributed by atoms with E-state index in [0.717, 1.165) is 18.8 Å². The second-order valence-electron chi connectivity index (χ2n) is 6.80. The molecule has 1 aliphatic rings. The molecule has 0 saturated carbocycles. The molecule has 0 aromatic carbocycles. The van der Waals surface area contributed by atoms with E-state index in [1.54, 1.807) is 28.3 Å². The molecule has 0 spiro atoms. The average molecular weight is 387 g/mol. The van der Waals surface area contributed by atoms with E-state index in [2.05, 4.69) is 29.0 Å². The van der Waals surface area contributed by atoms with Crippen molar-refractivity contribution >= 4 is 11.9 Å². The quantitative estimate of drug-likeness (QED) is 0.762. The van der Waals surface area contributed by atoms with Crippen LogP contribution in [0, 0.1) is 0 Å². The van der Waals surface area contributed by atoms with E-state index in [1.807, 2.05) is 18.2 Å². The minimum absolute atomic E-state index is 0.00435. The van der Waals surface area contributed by atoms with E-state index < -0.39 is 0 Å². The van der Waals surface area contributed by atoms with Crippen molar-refractivity contribution in [1.82, 2.24) is 25.0 Å². The van der Waals surface area contributed by atoms with Gasteiger partial charge in [-0.25, -0.2) is 4.79 Å². The topological polar surface area (TPSA) is 84.8 Å². The molecule has 28 heavy (non-hydrogen) atoms. The van der Waals surface area contributed by atoms with Crippen molar-refractivity contribution in [2.45, 2.75) is 19.9 Å². The first-order chi connectivity index (χ1) is 13.6. The Hall–Kier alpha value is -2.74. The number of rotatable bonds is 7. The van der Waals surface area contributed by atoms with Gasteiger partial charge in [0.1, 0.15) is 11.5 Å². The smallest absolute Gasteiger partial charge is 0.317 e. The number of nitrogens with one attached hydrogen (secondary N) is 2. The van der Waals surface area contributed by atoms with Crippen molar-refractivity contribution in [3.63, 3.8) is 0 Å². The molecule has 8 heteroatoms. The lowest BCUT2D eigenvalue weighted by Gasteiger charge is -2.35. The molecule has 1 atom stereocenters. The number of furan rings is 1. The standard InChI is InChI=1S/C20H29N5O3/c1-3-23(4-2)17(18-8-6-14-28-18)15-22-20(27)25-12-10-24(11-13-25)19(26)16-7-5-9-21-16/h5-9,14,17,21H,3-4,10-13,15H2,1-2H3,(H,22,27)/t17-/m0/s1. The molecule has 0 radical (unpaired) electrons. The third kappa shape index (κ3) is 4.56. The van der Waals surface area contributed by atoms with Crippen LogP contribution in [-0.2, 0) is 0 Å². The predicted molar refractivity (Wildman–Crippen MR) is 106 cm³/mol. The van der Waals surface area contributed by atoms with Crippen molar-refractivity contribution in [3.05, 3.63) is 48.2 Å². The third-order valence-electron chi connectivity index (χ3n) is 5.25. The number of carbonyl (C=O) groups excluding carboxylic acids is 2. The SMILES string of the molecule is CCN(CC)[C@@H](CNC(=O)N1CCN(C(=O)c2ccc[nH]2)CC1)c1ccco1. The Morgan fingerprint density at radius 3 is 2.43 bits per heavy atom. The molecule has 0 unspecified atom stereocenters. The molecule has 1 fully saturated rings. The van der Waals surface area contributed by atoms with E-state index in [0.29, 0.717) is 38.4 Å². The summed E-state index contributed by atoms with van der Waals surface area (Å²) in [6, 6.07) is 7.29. The summed E-state index contributed by atoms with van der Waals surface area (Å²) in [5.41, 5.74) is 0.582. The summed E-state index contributed by atoms with van der Waals surface area (Å²) in [5.74, 6) is 0.829. The van der Waals surface area contributed by atoms with Crippen molar-refractivity contribution in [2.75, 3.05) is 45.8 Å². The van der Waals surface area contributed by atoms with E-state index in [1.165, 1.54) is 0 Å². The van der Waals surface area contributed by atoms with Gasteiger partial charge in [-0.2, -0.15) is 0 Å². The van der Waals surface area contributed by atoms with Crippen molar-refractivity contribution in [2.24, 2.45) is 0 Å². The zero-order chi connectivity index (χ0) is 19.9. The number of nitrogens with zero attached hydrogens (tertiary/aromatic N) is 3. The van der Waals surface area contributed by atoms with Gasteiger partial charge in [0.05, 0.1) is 12.3 Å². The molecular formula is C20H29N5O3. The van der Waals surface area contributed by atoms with Crippen molar-refractivity contribution < 1.29 is 14.0 Å². The normalized spacial score (nSPS) is 15.7. The van der Waals surface area contributed by atoms with Crippen molar-refractivity contribution in [1.29, 1.82) is 0 Å². The van der Waals surface area contributed by atoms with Crippen LogP contribution in [0.25, 0.3) is 0 Å². The Labute approximate surface area is 165 Å². The molecule has 1 aliphatic heterocycles. The Morgan fingerprint density at radius 2 is 1.86 bits per heavy atom. The van der Waals surface area contributed by atoms with Gasteiger partial charge in [0.2, 0.25) is 0 Å². The molecule has 0 aliphatic carbocycles. The first kappa shape index (κ1) is 20.0. The summed E-state index contributed by atoms with van der Waals surface area (Å²) in [6.45, 7) is 8.53. The number of carbonyl (C=O) groups is 2. The van der Waals surface area contributed by atoms with Gasteiger partial charge in [0, 0.05) is 38.9 Å². The molecule has 0 bridgehead atoms. The maximum Gasteiger partial charge on any atom is 0.317 e. The minimum Gasteiger partial charge on any atom is -0.468 e. The largest absolute Gasteiger partial charge is 0.468 e. The maximum atomic E-state index is 12.6. The summed E-state index contributed by atoms with van der Waals surface area (Å²) in [4.78, 5) is 33.8. The minimum atomic E-state index is -0.101. The highest BCUT2D eigenvalue weighted by atomic mass is 16.3. The number of amides is 3. The highest BCUT2D eigenvalue weighted by molar-refractivity contribution is 5.92. The van der Waals surface area contributed by atoms with Crippen LogP contribution >= 0.6 is 0 Å². The van der Waals surface area contributed by atoms with E-state index in [9.17, 15) is 9.59 Å². The highest BCUT2D eigenvalue weighted by Gasteiger charge is 2.27. The van der Waals surface area contributed by atoms with Crippen LogP contribution in [0.2, 0.25) is 0 Å². The summed E-state index contributed by atoms with van der Waals surface area (Å²) in [7, 11) is 0. The molecule has 3 heterocycles. The van der Waals surface area contributed by atoms with Crippen LogP contribution in [0.5, 0.6) is 0 Å². The first-order valence-electron chi connectivity index (χ1n) is 9.86. The van der Waals surface area contributed by atoms with Gasteiger partial charge in [-0.1, -0.05) is 13.8 Å². The Kier molecular flexibility index (Phi) is 6.76. The second-order valence-corrected chi connectivity index (χ2v) is 6.80. The van der Waals surface area contributed by atoms with Crippen molar-refractivity contribution in [3.8, 4) is 0 Å². The number of urea groups is 1. The monoisotopic (exact) mass is 387 g/mol. The molecule has 1 saturated heterocycles. The first-order valence-corrected chi connectivity index (χ1v) is 9.86. The fraction of sp³-hybridized carbons (Fsp3) is 0.500. The fourth-order valence-electron chi connectivity index (χ4n) is 3.60. The highest BCUT2D eigenvalue weighted by Crippen LogP contribution is 2.20. The van der Waals surface area contributed by atoms with Gasteiger partial charge in [-0.3, -0.25) is 9.69 Å². The summed E-state index contributed by atoms with van der Waals surface area (Å²) < 4.78 is 5.58. The van der Waals surface area contributed by atoms with Gasteiger partial charge >= 0.3 is 6.03 Å². The van der Waals surface area contributed by atoms with Crippen LogP contribution in [0.4, 0.5) is 4.79 Å².